The van der Waals surface area contributed by atoms with Crippen LogP contribution in [0, 0.1) is 0 Å². The molecule has 1 aromatic rings. The van der Waals surface area contributed by atoms with Crippen LogP contribution >= 0.6 is 11.8 Å². The molecule has 1 N–H and O–H groups in total. The third-order valence-corrected chi connectivity index (χ3v) is 4.67. The molecule has 102 valence electrons. The van der Waals surface area contributed by atoms with Crippen LogP contribution in [0.25, 0.3) is 0 Å². The fourth-order valence-electron chi connectivity index (χ4n) is 2.37. The second kappa shape index (κ2) is 4.35. The number of amides is 1. The van der Waals surface area contributed by atoms with Crippen molar-refractivity contribution in [3.8, 4) is 0 Å². The summed E-state index contributed by atoms with van der Waals surface area (Å²) in [5.74, 6) is 0.488. The Labute approximate surface area is 114 Å². The molecule has 0 radical (unpaired) electrons. The summed E-state index contributed by atoms with van der Waals surface area (Å²) >= 11 is 1.52. The zero-order chi connectivity index (χ0) is 13.6. The Bertz CT molecular complexity index is 592. The number of fused-ring (bicyclic) bond motifs is 1. The van der Waals surface area contributed by atoms with Crippen LogP contribution in [0.1, 0.15) is 23.7 Å². The van der Waals surface area contributed by atoms with Crippen molar-refractivity contribution in [3.63, 3.8) is 0 Å². The Morgan fingerprint density at radius 2 is 2.32 bits per heavy atom. The molecule has 2 aliphatic heterocycles. The first-order valence-electron chi connectivity index (χ1n) is 6.28. The highest BCUT2D eigenvalue weighted by Crippen LogP contribution is 2.26. The summed E-state index contributed by atoms with van der Waals surface area (Å²) in [6.07, 6.45) is 1.97. The zero-order valence-electron chi connectivity index (χ0n) is 10.6. The molecule has 1 aromatic heterocycles. The summed E-state index contributed by atoms with van der Waals surface area (Å²) in [7, 11) is 0. The van der Waals surface area contributed by atoms with E-state index < -0.39 is 5.60 Å². The molecule has 0 aromatic carbocycles. The largest absolute Gasteiger partial charge is 0.386 e. The fraction of sp³-hybridized carbons (Fsp3) is 0.583. The van der Waals surface area contributed by atoms with Gasteiger partial charge >= 0.3 is 0 Å². The van der Waals surface area contributed by atoms with E-state index in [0.717, 1.165) is 5.75 Å². The van der Waals surface area contributed by atoms with Crippen LogP contribution in [0.5, 0.6) is 0 Å². The van der Waals surface area contributed by atoms with Gasteiger partial charge in [0.25, 0.3) is 11.5 Å². The smallest absolute Gasteiger partial charge is 0.267 e. The Hall–Kier alpha value is -1.34. The highest BCUT2D eigenvalue weighted by atomic mass is 32.2. The van der Waals surface area contributed by atoms with Crippen molar-refractivity contribution in [1.82, 2.24) is 14.5 Å². The number of likely N-dealkylation sites (tertiary alicyclic amines) is 1. The lowest BCUT2D eigenvalue weighted by atomic mass is 9.91. The van der Waals surface area contributed by atoms with Gasteiger partial charge in [-0.2, -0.15) is 0 Å². The van der Waals surface area contributed by atoms with E-state index in [-0.39, 0.29) is 30.1 Å². The summed E-state index contributed by atoms with van der Waals surface area (Å²) in [5, 5.41) is 10.6. The summed E-state index contributed by atoms with van der Waals surface area (Å²) in [6.45, 7) is 3.06. The van der Waals surface area contributed by atoms with E-state index in [0.29, 0.717) is 18.1 Å². The van der Waals surface area contributed by atoms with Gasteiger partial charge in [0, 0.05) is 18.5 Å². The Morgan fingerprint density at radius 1 is 1.58 bits per heavy atom. The molecule has 19 heavy (non-hydrogen) atoms. The van der Waals surface area contributed by atoms with Crippen LogP contribution in [-0.2, 0) is 6.54 Å². The number of aliphatic hydroxyl groups is 1. The van der Waals surface area contributed by atoms with E-state index in [1.54, 1.807) is 4.57 Å². The van der Waals surface area contributed by atoms with E-state index in [4.69, 9.17) is 0 Å². The van der Waals surface area contributed by atoms with Gasteiger partial charge < -0.3 is 10.0 Å². The number of nitrogens with zero attached hydrogens (tertiary/aromatic N) is 3. The number of thioether (sulfide) groups is 1. The summed E-state index contributed by atoms with van der Waals surface area (Å²) in [5.41, 5.74) is -0.956. The monoisotopic (exact) mass is 281 g/mol. The van der Waals surface area contributed by atoms with Gasteiger partial charge in [-0.25, -0.2) is 4.98 Å². The highest BCUT2D eigenvalue weighted by molar-refractivity contribution is 7.99. The second-order valence-electron chi connectivity index (χ2n) is 5.00. The van der Waals surface area contributed by atoms with Gasteiger partial charge in [-0.05, 0) is 6.42 Å². The third kappa shape index (κ3) is 1.97. The Morgan fingerprint density at radius 3 is 3.00 bits per heavy atom. The normalized spacial score (nSPS) is 20.0. The summed E-state index contributed by atoms with van der Waals surface area (Å²) in [6, 6.07) is 0. The first-order chi connectivity index (χ1) is 9.04. The second-order valence-corrected chi connectivity index (χ2v) is 6.06. The molecular weight excluding hydrogens is 266 g/mol. The van der Waals surface area contributed by atoms with Gasteiger partial charge in [-0.1, -0.05) is 18.7 Å². The van der Waals surface area contributed by atoms with E-state index in [1.165, 1.54) is 22.9 Å². The minimum atomic E-state index is -0.786. The SMILES string of the molecule is CCC1(O)CN(C(=O)c2cnc3n(c2=O)CCS3)C1. The quantitative estimate of drug-likeness (QED) is 0.769. The van der Waals surface area contributed by atoms with Crippen LogP contribution in [-0.4, -0.2) is 49.9 Å². The van der Waals surface area contributed by atoms with Crippen LogP contribution in [0.3, 0.4) is 0 Å². The molecule has 0 bridgehead atoms. The molecule has 6 nitrogen and oxygen atoms in total. The molecule has 7 heteroatoms. The van der Waals surface area contributed by atoms with Crippen LogP contribution in [0.15, 0.2) is 16.1 Å². The highest BCUT2D eigenvalue weighted by Gasteiger charge is 2.43. The standard InChI is InChI=1S/C12H15N3O3S/c1-2-12(18)6-14(7-12)9(16)8-5-13-11-15(10(8)17)3-4-19-11/h5,18H,2-4,6-7H2,1H3. The Kier molecular flexibility index (Phi) is 2.90. The van der Waals surface area contributed by atoms with Crippen molar-refractivity contribution in [2.75, 3.05) is 18.8 Å². The molecular formula is C12H15N3O3S. The van der Waals surface area contributed by atoms with Crippen molar-refractivity contribution in [2.24, 2.45) is 0 Å². The van der Waals surface area contributed by atoms with Gasteiger partial charge in [0.15, 0.2) is 5.16 Å². The van der Waals surface area contributed by atoms with Crippen LogP contribution < -0.4 is 5.56 Å². The van der Waals surface area contributed by atoms with Gasteiger partial charge in [-0.3, -0.25) is 14.2 Å². The number of β-amino-alcohol motifs (C(OH)–C–C–N with tert-alkyl or cyclic N) is 1. The van der Waals surface area contributed by atoms with Gasteiger partial charge in [0.05, 0.1) is 18.7 Å². The van der Waals surface area contributed by atoms with Gasteiger partial charge in [-0.15, -0.1) is 0 Å². The average molecular weight is 281 g/mol. The van der Waals surface area contributed by atoms with Crippen LogP contribution in [0.4, 0.5) is 0 Å². The fourth-order valence-corrected chi connectivity index (χ4v) is 3.28. The van der Waals surface area contributed by atoms with Crippen molar-refractivity contribution < 1.29 is 9.90 Å². The van der Waals surface area contributed by atoms with Crippen molar-refractivity contribution >= 4 is 17.7 Å². The first kappa shape index (κ1) is 12.7. The third-order valence-electron chi connectivity index (χ3n) is 3.70. The predicted molar refractivity (Wildman–Crippen MR) is 70.4 cm³/mol. The lowest BCUT2D eigenvalue weighted by Crippen LogP contribution is -2.63. The van der Waals surface area contributed by atoms with Crippen molar-refractivity contribution in [2.45, 2.75) is 30.6 Å². The molecule has 3 heterocycles. The molecule has 0 atom stereocenters. The number of hydrogen-bond donors (Lipinski definition) is 1. The number of carbonyl (C=O) groups excluding carboxylic acids is 1. The van der Waals surface area contributed by atoms with E-state index in [9.17, 15) is 14.7 Å². The van der Waals surface area contributed by atoms with Gasteiger partial charge in [0.2, 0.25) is 0 Å². The minimum absolute atomic E-state index is 0.101. The maximum Gasteiger partial charge on any atom is 0.267 e. The maximum atomic E-state index is 12.2. The average Bonchev–Trinajstić information content (AvgIpc) is 2.84. The molecule has 1 saturated heterocycles. The Balaban J connectivity index is 1.85. The van der Waals surface area contributed by atoms with Crippen molar-refractivity contribution in [1.29, 1.82) is 0 Å². The van der Waals surface area contributed by atoms with E-state index in [2.05, 4.69) is 4.98 Å². The molecule has 0 aliphatic carbocycles. The molecule has 0 spiro atoms. The number of rotatable bonds is 2. The van der Waals surface area contributed by atoms with Crippen LogP contribution in [0.2, 0.25) is 0 Å². The number of aromatic nitrogens is 2. The van der Waals surface area contributed by atoms with E-state index in [1.807, 2.05) is 6.92 Å². The summed E-state index contributed by atoms with van der Waals surface area (Å²) in [4.78, 5) is 30.0. The molecule has 2 aliphatic rings. The predicted octanol–water partition coefficient (Wildman–Crippen LogP) is -0.0541. The minimum Gasteiger partial charge on any atom is -0.386 e. The van der Waals surface area contributed by atoms with E-state index >= 15 is 0 Å². The maximum absolute atomic E-state index is 12.2. The number of carbonyl (C=O) groups is 1. The molecule has 3 rings (SSSR count). The lowest BCUT2D eigenvalue weighted by molar-refractivity contribution is -0.0827. The molecule has 1 fully saturated rings. The molecule has 1 amide bonds. The lowest BCUT2D eigenvalue weighted by Gasteiger charge is -2.45. The topological polar surface area (TPSA) is 75.4 Å². The molecule has 0 unspecified atom stereocenters. The summed E-state index contributed by atoms with van der Waals surface area (Å²) < 4.78 is 1.55. The number of hydrogen-bond acceptors (Lipinski definition) is 5. The zero-order valence-corrected chi connectivity index (χ0v) is 11.4. The van der Waals surface area contributed by atoms with Crippen molar-refractivity contribution in [3.05, 3.63) is 22.1 Å². The molecule has 0 saturated carbocycles. The van der Waals surface area contributed by atoms with Gasteiger partial charge in [0.1, 0.15) is 5.56 Å². The first-order valence-corrected chi connectivity index (χ1v) is 7.27.